The van der Waals surface area contributed by atoms with Crippen molar-refractivity contribution in [2.24, 2.45) is 5.73 Å². The van der Waals surface area contributed by atoms with Gasteiger partial charge < -0.3 is 20.9 Å². The maximum absolute atomic E-state index is 12.1. The van der Waals surface area contributed by atoms with Crippen molar-refractivity contribution in [3.8, 4) is 5.75 Å². The van der Waals surface area contributed by atoms with Crippen molar-refractivity contribution in [3.05, 3.63) is 29.8 Å². The van der Waals surface area contributed by atoms with E-state index in [1.54, 1.807) is 24.3 Å². The molecule has 0 spiro atoms. The van der Waals surface area contributed by atoms with Crippen LogP contribution in [0.5, 0.6) is 5.75 Å². The molecule has 4 N–H and O–H groups in total. The Morgan fingerprint density at radius 3 is 2.75 bits per heavy atom. The maximum atomic E-state index is 12.1. The van der Waals surface area contributed by atoms with Crippen LogP contribution >= 0.6 is 0 Å². The summed E-state index contributed by atoms with van der Waals surface area (Å²) in [6.07, 6.45) is -0.448. The number of hydrogen-bond donors (Lipinski definition) is 3. The van der Waals surface area contributed by atoms with Crippen molar-refractivity contribution in [1.82, 2.24) is 5.32 Å². The molecule has 1 aromatic carbocycles. The van der Waals surface area contributed by atoms with Gasteiger partial charge in [0.05, 0.1) is 6.42 Å². The minimum atomic E-state index is -1.33. The van der Waals surface area contributed by atoms with Crippen molar-refractivity contribution in [1.29, 1.82) is 0 Å². The van der Waals surface area contributed by atoms with Crippen molar-refractivity contribution >= 4 is 17.8 Å². The maximum Gasteiger partial charge on any atom is 0.326 e. The fourth-order valence-electron chi connectivity index (χ4n) is 2.05. The first-order valence-corrected chi connectivity index (χ1v) is 6.02. The number of carboxylic acid groups (broad SMARTS) is 1. The smallest absolute Gasteiger partial charge is 0.326 e. The number of aliphatic carboxylic acids is 1. The lowest BCUT2D eigenvalue weighted by Gasteiger charge is -2.15. The number of carboxylic acids is 1. The highest BCUT2D eigenvalue weighted by molar-refractivity contribution is 5.91. The molecule has 2 amide bonds. The number of nitrogens with two attached hydrogens (primary N) is 1. The van der Waals surface area contributed by atoms with Crippen molar-refractivity contribution in [3.63, 3.8) is 0 Å². The Bertz CT molecular complexity index is 557. The first kappa shape index (κ1) is 13.9. The second kappa shape index (κ2) is 5.60. The highest BCUT2D eigenvalue weighted by Gasteiger charge is 2.32. The van der Waals surface area contributed by atoms with Crippen LogP contribution in [0.4, 0.5) is 0 Å². The third-order valence-electron chi connectivity index (χ3n) is 3.04. The van der Waals surface area contributed by atoms with Gasteiger partial charge in [0.15, 0.2) is 0 Å². The fourth-order valence-corrected chi connectivity index (χ4v) is 2.05. The molecule has 0 fully saturated rings. The van der Waals surface area contributed by atoms with Crippen LogP contribution < -0.4 is 15.8 Å². The molecule has 1 heterocycles. The summed E-state index contributed by atoms with van der Waals surface area (Å²) in [6.45, 7) is 0.147. The van der Waals surface area contributed by atoms with Gasteiger partial charge in [-0.3, -0.25) is 9.59 Å². The number of carbonyl (C=O) groups excluding carboxylic acids is 2. The molecule has 7 nitrogen and oxygen atoms in total. The van der Waals surface area contributed by atoms with E-state index in [0.717, 1.165) is 0 Å². The summed E-state index contributed by atoms with van der Waals surface area (Å²) in [5, 5.41) is 11.3. The Hall–Kier alpha value is -2.57. The summed E-state index contributed by atoms with van der Waals surface area (Å²) in [5.41, 5.74) is 5.66. The molecule has 2 unspecified atom stereocenters. The van der Waals surface area contributed by atoms with Gasteiger partial charge in [-0.1, -0.05) is 18.2 Å². The van der Waals surface area contributed by atoms with Gasteiger partial charge >= 0.3 is 5.97 Å². The zero-order valence-electron chi connectivity index (χ0n) is 10.5. The van der Waals surface area contributed by atoms with Gasteiger partial charge in [-0.05, 0) is 6.07 Å². The molecular formula is C13H14N2O5. The Labute approximate surface area is 114 Å². The Kier molecular flexibility index (Phi) is 3.88. The second-order valence-corrected chi connectivity index (χ2v) is 4.47. The molecular weight excluding hydrogens is 264 g/mol. The van der Waals surface area contributed by atoms with Crippen molar-refractivity contribution in [2.75, 3.05) is 6.61 Å². The number of carbonyl (C=O) groups is 3. The van der Waals surface area contributed by atoms with Crippen LogP contribution in [-0.4, -0.2) is 35.5 Å². The van der Waals surface area contributed by atoms with Crippen LogP contribution in [-0.2, 0) is 14.4 Å². The predicted molar refractivity (Wildman–Crippen MR) is 68.1 cm³/mol. The molecule has 0 aromatic heterocycles. The highest BCUT2D eigenvalue weighted by Crippen LogP contribution is 2.33. The van der Waals surface area contributed by atoms with E-state index in [0.29, 0.717) is 11.3 Å². The highest BCUT2D eigenvalue weighted by atomic mass is 16.5. The average molecular weight is 278 g/mol. The zero-order valence-corrected chi connectivity index (χ0v) is 10.5. The van der Waals surface area contributed by atoms with E-state index in [1.165, 1.54) is 0 Å². The lowest BCUT2D eigenvalue weighted by Crippen LogP contribution is -2.45. The largest absolute Gasteiger partial charge is 0.492 e. The van der Waals surface area contributed by atoms with E-state index in [1.807, 2.05) is 0 Å². The second-order valence-electron chi connectivity index (χ2n) is 4.47. The van der Waals surface area contributed by atoms with E-state index in [2.05, 4.69) is 5.32 Å². The first-order valence-electron chi connectivity index (χ1n) is 6.02. The molecule has 106 valence electrons. The lowest BCUT2D eigenvalue weighted by molar-refractivity contribution is -0.143. The minimum Gasteiger partial charge on any atom is -0.492 e. The fraction of sp³-hybridized carbons (Fsp3) is 0.308. The average Bonchev–Trinajstić information content (AvgIpc) is 2.81. The predicted octanol–water partition coefficient (Wildman–Crippen LogP) is -0.393. The number of rotatable bonds is 5. The van der Waals surface area contributed by atoms with Crippen LogP contribution in [0.25, 0.3) is 0 Å². The SMILES string of the molecule is NC(=O)CC(NC(=O)C1COc2ccccc21)C(=O)O. The van der Waals surface area contributed by atoms with E-state index in [4.69, 9.17) is 15.6 Å². The van der Waals surface area contributed by atoms with Crippen LogP contribution in [0.1, 0.15) is 17.9 Å². The number of hydrogen-bond acceptors (Lipinski definition) is 4. The van der Waals surface area contributed by atoms with E-state index in [-0.39, 0.29) is 6.61 Å². The summed E-state index contributed by atoms with van der Waals surface area (Å²) in [5.74, 6) is -2.57. The van der Waals surface area contributed by atoms with Gasteiger partial charge in [-0.25, -0.2) is 4.79 Å². The van der Waals surface area contributed by atoms with Gasteiger partial charge in [-0.2, -0.15) is 0 Å². The Morgan fingerprint density at radius 2 is 2.10 bits per heavy atom. The third kappa shape index (κ3) is 2.87. The molecule has 2 atom stereocenters. The molecule has 1 aromatic rings. The summed E-state index contributed by atoms with van der Waals surface area (Å²) in [6, 6.07) is 5.71. The third-order valence-corrected chi connectivity index (χ3v) is 3.04. The number of amides is 2. The zero-order chi connectivity index (χ0) is 14.7. The normalized spacial score (nSPS) is 17.7. The van der Waals surface area contributed by atoms with Crippen molar-refractivity contribution in [2.45, 2.75) is 18.4 Å². The number of fused-ring (bicyclic) bond motifs is 1. The molecule has 0 radical (unpaired) electrons. The summed E-state index contributed by atoms with van der Waals surface area (Å²) in [4.78, 5) is 33.9. The van der Waals surface area contributed by atoms with E-state index in [9.17, 15) is 14.4 Å². The monoisotopic (exact) mass is 278 g/mol. The Morgan fingerprint density at radius 1 is 1.40 bits per heavy atom. The molecule has 0 saturated carbocycles. The topological polar surface area (TPSA) is 119 Å². The summed E-state index contributed by atoms with van der Waals surface area (Å²) < 4.78 is 5.36. The molecule has 1 aliphatic heterocycles. The van der Waals surface area contributed by atoms with E-state index >= 15 is 0 Å². The molecule has 0 bridgehead atoms. The summed E-state index contributed by atoms with van der Waals surface area (Å²) in [7, 11) is 0. The quantitative estimate of drug-likeness (QED) is 0.677. The van der Waals surface area contributed by atoms with Crippen molar-refractivity contribution < 1.29 is 24.2 Å². The number of nitrogens with one attached hydrogen (secondary N) is 1. The molecule has 1 aliphatic rings. The van der Waals surface area contributed by atoms with Gasteiger partial charge in [0.25, 0.3) is 0 Å². The summed E-state index contributed by atoms with van der Waals surface area (Å²) >= 11 is 0. The van der Waals surface area contributed by atoms with Gasteiger partial charge in [0.2, 0.25) is 11.8 Å². The van der Waals surface area contributed by atoms with Crippen LogP contribution in [0.3, 0.4) is 0 Å². The number of benzene rings is 1. The van der Waals surface area contributed by atoms with Crippen LogP contribution in [0.15, 0.2) is 24.3 Å². The molecule has 0 saturated heterocycles. The number of primary amides is 1. The molecule has 2 rings (SSSR count). The van der Waals surface area contributed by atoms with E-state index < -0.39 is 36.2 Å². The first-order chi connectivity index (χ1) is 9.49. The number of ether oxygens (including phenoxy) is 1. The lowest BCUT2D eigenvalue weighted by atomic mass is 10.00. The Balaban J connectivity index is 2.09. The van der Waals surface area contributed by atoms with Crippen LogP contribution in [0, 0.1) is 0 Å². The number of para-hydroxylation sites is 1. The molecule has 20 heavy (non-hydrogen) atoms. The molecule has 7 heteroatoms. The van der Waals surface area contributed by atoms with Gasteiger partial charge in [-0.15, -0.1) is 0 Å². The van der Waals surface area contributed by atoms with Gasteiger partial charge in [0.1, 0.15) is 24.3 Å². The van der Waals surface area contributed by atoms with Gasteiger partial charge in [0, 0.05) is 5.56 Å². The van der Waals surface area contributed by atoms with Crippen LogP contribution in [0.2, 0.25) is 0 Å². The molecule has 0 aliphatic carbocycles. The minimum absolute atomic E-state index is 0.147. The standard InChI is InChI=1S/C13H14N2O5/c14-11(16)5-9(13(18)19)15-12(17)8-6-20-10-4-2-1-3-7(8)10/h1-4,8-9H,5-6H2,(H2,14,16)(H,15,17)(H,18,19).